The van der Waals surface area contributed by atoms with Crippen molar-refractivity contribution in [2.45, 2.75) is 115 Å². The number of unbranched alkanes of at least 4 members (excludes halogenated alkanes) is 8. The number of carbonyl (C=O) groups excluding carboxylic acids is 1. The lowest BCUT2D eigenvalue weighted by molar-refractivity contribution is -0.129. The van der Waals surface area contributed by atoms with E-state index < -0.39 is 27.7 Å². The molecule has 0 bridgehead atoms. The fourth-order valence-corrected chi connectivity index (χ4v) is 11.3. The monoisotopic (exact) mass is 522 g/mol. The minimum Gasteiger partial charge on any atom is -0.376 e. The van der Waals surface area contributed by atoms with E-state index in [2.05, 4.69) is 13.8 Å². The van der Waals surface area contributed by atoms with E-state index in [0.29, 0.717) is 12.8 Å². The van der Waals surface area contributed by atoms with Crippen LogP contribution in [-0.4, -0.2) is 66.1 Å². The van der Waals surface area contributed by atoms with Crippen LogP contribution in [0.15, 0.2) is 0 Å². The third kappa shape index (κ3) is 7.44. The van der Waals surface area contributed by atoms with Gasteiger partial charge in [0.2, 0.25) is 0 Å². The van der Waals surface area contributed by atoms with Crippen LogP contribution < -0.4 is 0 Å². The van der Waals surface area contributed by atoms with Crippen molar-refractivity contribution in [1.82, 2.24) is 0 Å². The first-order valence-electron chi connectivity index (χ1n) is 13.0. The summed E-state index contributed by atoms with van der Waals surface area (Å²) in [5, 5.41) is -1.94. The Hall–Kier alpha value is -0.136. The number of rotatable bonds is 22. The third-order valence-corrected chi connectivity index (χ3v) is 14.4. The van der Waals surface area contributed by atoms with E-state index in [9.17, 15) is 4.79 Å². The molecule has 0 aliphatic heterocycles. The Labute approximate surface area is 212 Å². The topological polar surface area (TPSA) is 72.5 Å². The summed E-state index contributed by atoms with van der Waals surface area (Å²) in [7, 11) is 2.72. The van der Waals surface area contributed by atoms with E-state index in [1.54, 1.807) is 42.7 Å². The van der Waals surface area contributed by atoms with E-state index in [1.165, 1.54) is 25.7 Å². The number of hydrogen-bond acceptors (Lipinski definition) is 7. The summed E-state index contributed by atoms with van der Waals surface area (Å²) in [4.78, 5) is 14.8. The highest BCUT2D eigenvalue weighted by Gasteiger charge is 2.70. The predicted octanol–water partition coefficient (Wildman–Crippen LogP) is 6.55. The molecule has 0 fully saturated rings. The lowest BCUT2D eigenvalue weighted by Gasteiger charge is -2.48. The maximum absolute atomic E-state index is 14.8. The molecule has 0 radical (unpaired) electrons. The molecule has 0 rings (SSSR count). The molecule has 2 atom stereocenters. The SMILES string of the molecule is CCCCCCCC(C)(C(=O)C(C)(CCCCCCC)[Si](OC)(OC)OC)[Si](OC)(OC)OC. The molecule has 0 aliphatic rings. The summed E-state index contributed by atoms with van der Waals surface area (Å²) in [5.41, 5.74) is 0. The van der Waals surface area contributed by atoms with Crippen molar-refractivity contribution in [3.63, 3.8) is 0 Å². The molecule has 0 amide bonds. The number of ketones is 1. The molecule has 0 aromatic carbocycles. The highest BCUT2D eigenvalue weighted by Crippen LogP contribution is 2.56. The molecule has 34 heavy (non-hydrogen) atoms. The van der Waals surface area contributed by atoms with Gasteiger partial charge in [0, 0.05) is 42.7 Å². The summed E-state index contributed by atoms with van der Waals surface area (Å²) < 4.78 is 35.6. The molecule has 0 aliphatic carbocycles. The zero-order chi connectivity index (χ0) is 26.3. The van der Waals surface area contributed by atoms with E-state index in [4.69, 9.17) is 26.6 Å². The van der Waals surface area contributed by atoms with Crippen LogP contribution in [0.25, 0.3) is 0 Å². The van der Waals surface area contributed by atoms with E-state index in [1.807, 2.05) is 13.8 Å². The molecule has 0 saturated carbocycles. The number of carbonyl (C=O) groups is 1. The maximum atomic E-state index is 14.8. The highest BCUT2D eigenvalue weighted by atomic mass is 28.4. The summed E-state index contributed by atoms with van der Waals surface area (Å²) >= 11 is 0. The smallest absolute Gasteiger partial charge is 0.376 e. The average molecular weight is 523 g/mol. The van der Waals surface area contributed by atoms with Crippen molar-refractivity contribution in [2.24, 2.45) is 0 Å². The second-order valence-electron chi connectivity index (χ2n) is 9.66. The second kappa shape index (κ2) is 16.6. The van der Waals surface area contributed by atoms with Crippen LogP contribution in [0, 0.1) is 0 Å². The molecule has 0 N–H and O–H groups in total. The molecule has 0 heterocycles. The number of Topliss-reactive ketones (excluding diaryl/α,β-unsaturated/α-hetero) is 1. The molecule has 0 aromatic rings. The van der Waals surface area contributed by atoms with Gasteiger partial charge in [-0.2, -0.15) is 0 Å². The fraction of sp³-hybridized carbons (Fsp3) is 0.960. The van der Waals surface area contributed by atoms with Crippen LogP contribution in [0.3, 0.4) is 0 Å². The molecule has 2 unspecified atom stereocenters. The first-order valence-corrected chi connectivity index (χ1v) is 16.4. The van der Waals surface area contributed by atoms with Gasteiger partial charge in [0.1, 0.15) is 0 Å². The van der Waals surface area contributed by atoms with E-state index in [0.717, 1.165) is 38.5 Å². The van der Waals surface area contributed by atoms with Crippen LogP contribution in [-0.2, 0) is 31.4 Å². The lowest BCUT2D eigenvalue weighted by Crippen LogP contribution is -2.64. The summed E-state index contributed by atoms with van der Waals surface area (Å²) in [5.74, 6) is 0.000386. The Morgan fingerprint density at radius 1 is 0.529 bits per heavy atom. The molecule has 0 spiro atoms. The lowest BCUT2D eigenvalue weighted by atomic mass is 9.86. The quantitative estimate of drug-likeness (QED) is 0.118. The van der Waals surface area contributed by atoms with Gasteiger partial charge >= 0.3 is 17.6 Å². The predicted molar refractivity (Wildman–Crippen MR) is 142 cm³/mol. The van der Waals surface area contributed by atoms with Crippen molar-refractivity contribution in [2.75, 3.05) is 42.7 Å². The fourth-order valence-electron chi connectivity index (χ4n) is 5.44. The Morgan fingerprint density at radius 3 is 1.03 bits per heavy atom. The van der Waals surface area contributed by atoms with Gasteiger partial charge in [-0.05, 0) is 26.7 Å². The first-order chi connectivity index (χ1) is 16.1. The number of hydrogen-bond donors (Lipinski definition) is 0. The van der Waals surface area contributed by atoms with Crippen molar-refractivity contribution in [3.8, 4) is 0 Å². The second-order valence-corrected chi connectivity index (χ2v) is 16.5. The van der Waals surface area contributed by atoms with Crippen LogP contribution in [0.4, 0.5) is 0 Å². The molecule has 9 heteroatoms. The van der Waals surface area contributed by atoms with Gasteiger partial charge in [-0.1, -0.05) is 78.1 Å². The van der Waals surface area contributed by atoms with Gasteiger partial charge < -0.3 is 26.6 Å². The van der Waals surface area contributed by atoms with Crippen molar-refractivity contribution >= 4 is 23.4 Å². The van der Waals surface area contributed by atoms with Crippen LogP contribution in [0.1, 0.15) is 105 Å². The van der Waals surface area contributed by atoms with Gasteiger partial charge in [-0.25, -0.2) is 0 Å². The molecule has 7 nitrogen and oxygen atoms in total. The molecule has 0 aromatic heterocycles. The highest BCUT2D eigenvalue weighted by molar-refractivity contribution is 6.74. The average Bonchev–Trinajstić information content (AvgIpc) is 2.86. The van der Waals surface area contributed by atoms with Gasteiger partial charge in [-0.15, -0.1) is 0 Å². The normalized spacial score (nSPS) is 16.3. The van der Waals surface area contributed by atoms with Crippen LogP contribution in [0.2, 0.25) is 10.1 Å². The third-order valence-electron chi connectivity index (χ3n) is 7.53. The summed E-state index contributed by atoms with van der Waals surface area (Å²) in [6.45, 7) is 8.30. The molecule has 204 valence electrons. The summed E-state index contributed by atoms with van der Waals surface area (Å²) in [6.07, 6.45) is 12.1. The largest absolute Gasteiger partial charge is 0.514 e. The van der Waals surface area contributed by atoms with Gasteiger partial charge in [-0.3, -0.25) is 4.79 Å². The molecular formula is C25H54O7Si2. The zero-order valence-corrected chi connectivity index (χ0v) is 25.8. The summed E-state index contributed by atoms with van der Waals surface area (Å²) in [6, 6.07) is 0. The van der Waals surface area contributed by atoms with Gasteiger partial charge in [0.05, 0.1) is 10.1 Å². The van der Waals surface area contributed by atoms with Crippen molar-refractivity contribution < 1.29 is 31.4 Å². The minimum atomic E-state index is -3.38. The van der Waals surface area contributed by atoms with Crippen LogP contribution in [0.5, 0.6) is 0 Å². The van der Waals surface area contributed by atoms with Crippen molar-refractivity contribution in [1.29, 1.82) is 0 Å². The molecule has 0 saturated heterocycles. The molecular weight excluding hydrogens is 468 g/mol. The Kier molecular flexibility index (Phi) is 16.5. The Morgan fingerprint density at radius 2 is 0.794 bits per heavy atom. The van der Waals surface area contributed by atoms with Gasteiger partial charge in [0.15, 0.2) is 5.78 Å². The zero-order valence-electron chi connectivity index (χ0n) is 23.8. The maximum Gasteiger partial charge on any atom is 0.514 e. The Bertz CT molecular complexity index is 493. The standard InChI is InChI=1S/C25H54O7Si2/c1-11-13-15-17-19-21-24(3,33(27-5,28-6)29-7)23(26)25(4,22-20-18-16-14-12-2)34(30-8,31-9)32-10/h11-22H2,1-10H3. The van der Waals surface area contributed by atoms with E-state index >= 15 is 0 Å². The first kappa shape index (κ1) is 33.9. The van der Waals surface area contributed by atoms with Crippen molar-refractivity contribution in [3.05, 3.63) is 0 Å². The Balaban J connectivity index is 6.42. The minimum absolute atomic E-state index is 0.000386. The van der Waals surface area contributed by atoms with Gasteiger partial charge in [0.25, 0.3) is 0 Å². The van der Waals surface area contributed by atoms with Crippen LogP contribution >= 0.6 is 0 Å². The van der Waals surface area contributed by atoms with E-state index in [-0.39, 0.29) is 5.78 Å².